The molecule has 4 nitrogen and oxygen atoms in total. The molecule has 0 aromatic carbocycles. The lowest BCUT2D eigenvalue weighted by molar-refractivity contribution is -0.133. The Morgan fingerprint density at radius 1 is 1.29 bits per heavy atom. The van der Waals surface area contributed by atoms with Crippen LogP contribution in [0.25, 0.3) is 0 Å². The topological polar surface area (TPSA) is 55.7 Å². The molecule has 6 atom stereocenters. The number of Topliss-reactive ketones (excluding diaryl/α,β-unsaturated/α-hetero) is 2. The summed E-state index contributed by atoms with van der Waals surface area (Å²) in [7, 11) is 1.61. The zero-order chi connectivity index (χ0) is 20.1. The van der Waals surface area contributed by atoms with Crippen molar-refractivity contribution in [1.82, 2.24) is 0 Å². The van der Waals surface area contributed by atoms with Gasteiger partial charge in [-0.3, -0.25) is 9.59 Å². The van der Waals surface area contributed by atoms with Crippen LogP contribution in [-0.2, 0) is 14.3 Å². The summed E-state index contributed by atoms with van der Waals surface area (Å²) < 4.78 is 5.37. The van der Waals surface area contributed by atoms with Gasteiger partial charge >= 0.3 is 0 Å². The fourth-order valence-corrected chi connectivity index (χ4v) is 7.13. The highest BCUT2D eigenvalue weighted by atomic mass is 16.5. The van der Waals surface area contributed by atoms with Crippen LogP contribution in [0.2, 0.25) is 0 Å². The zero-order valence-corrected chi connectivity index (χ0v) is 17.5. The van der Waals surface area contributed by atoms with E-state index in [2.05, 4.69) is 31.5 Å². The molecule has 0 aromatic heterocycles. The lowest BCUT2D eigenvalue weighted by Crippen LogP contribution is -2.51. The van der Waals surface area contributed by atoms with E-state index in [0.29, 0.717) is 48.1 Å². The van der Waals surface area contributed by atoms with Gasteiger partial charge < -0.3 is 4.74 Å². The number of hydrogen-bond donors (Lipinski definition) is 0. The van der Waals surface area contributed by atoms with Gasteiger partial charge in [0.05, 0.1) is 7.11 Å². The number of carbonyl (C=O) groups is 2. The van der Waals surface area contributed by atoms with Gasteiger partial charge in [-0.15, -0.1) is 0 Å². The number of fused-ring (bicyclic) bond motifs is 5. The first-order chi connectivity index (χ1) is 13.3. The van der Waals surface area contributed by atoms with E-state index in [1.165, 1.54) is 11.8 Å². The summed E-state index contributed by atoms with van der Waals surface area (Å²) in [5, 5.41) is 0. The van der Waals surface area contributed by atoms with Gasteiger partial charge in [0.1, 0.15) is 11.6 Å². The maximum atomic E-state index is 12.9. The second-order valence-corrected chi connectivity index (χ2v) is 9.84. The molecule has 6 unspecified atom stereocenters. The summed E-state index contributed by atoms with van der Waals surface area (Å²) in [6.45, 7) is 8.25. The third kappa shape index (κ3) is 2.83. The molecule has 4 aliphatic rings. The molecule has 0 aromatic rings. The smallest absolute Gasteiger partial charge is 0.188 e. The Morgan fingerprint density at radius 3 is 2.75 bits per heavy atom. The van der Waals surface area contributed by atoms with Crippen molar-refractivity contribution in [1.29, 1.82) is 0 Å². The molecule has 152 valence electrons. The van der Waals surface area contributed by atoms with Crippen molar-refractivity contribution in [2.75, 3.05) is 7.11 Å². The minimum absolute atomic E-state index is 0.0435. The highest BCUT2D eigenvalue weighted by Crippen LogP contribution is 2.64. The first-order valence-electron chi connectivity index (χ1n) is 10.8. The number of carbonyl (C=O) groups excluding carboxylic acids is 2. The second kappa shape index (κ2) is 6.96. The van der Waals surface area contributed by atoms with Crippen LogP contribution in [0.5, 0.6) is 0 Å². The van der Waals surface area contributed by atoms with Crippen LogP contribution in [0.4, 0.5) is 0 Å². The molecule has 3 fully saturated rings. The number of ether oxygens (including phenoxy) is 1. The van der Waals surface area contributed by atoms with Crippen molar-refractivity contribution in [2.45, 2.75) is 65.2 Å². The van der Waals surface area contributed by atoms with Gasteiger partial charge in [-0.05, 0) is 55.3 Å². The van der Waals surface area contributed by atoms with Gasteiger partial charge in [-0.2, -0.15) is 0 Å². The molecule has 0 N–H and O–H groups in total. The molecular weight excluding hydrogens is 350 g/mol. The van der Waals surface area contributed by atoms with E-state index >= 15 is 0 Å². The molecule has 0 spiro atoms. The van der Waals surface area contributed by atoms with E-state index in [1.807, 2.05) is 0 Å². The first-order valence-corrected chi connectivity index (χ1v) is 10.8. The van der Waals surface area contributed by atoms with Crippen LogP contribution in [0.3, 0.4) is 0 Å². The molecule has 28 heavy (non-hydrogen) atoms. The number of aliphatic imine (C=N–C) groups is 1. The van der Waals surface area contributed by atoms with Crippen LogP contribution < -0.4 is 0 Å². The van der Waals surface area contributed by atoms with Gasteiger partial charge in [0.25, 0.3) is 0 Å². The van der Waals surface area contributed by atoms with Crippen molar-refractivity contribution in [3.8, 4) is 0 Å². The Balaban J connectivity index is 1.62. The maximum absolute atomic E-state index is 12.9. The van der Waals surface area contributed by atoms with E-state index in [4.69, 9.17) is 4.74 Å². The number of methoxy groups -OCH3 is 1. The Labute approximate surface area is 168 Å². The van der Waals surface area contributed by atoms with Crippen LogP contribution in [-0.4, -0.2) is 24.6 Å². The van der Waals surface area contributed by atoms with Crippen LogP contribution in [0.15, 0.2) is 29.4 Å². The largest absolute Gasteiger partial charge is 0.484 e. The van der Waals surface area contributed by atoms with Crippen molar-refractivity contribution in [2.24, 2.45) is 39.5 Å². The normalized spacial score (nSPS) is 43.0. The van der Waals surface area contributed by atoms with Crippen molar-refractivity contribution < 1.29 is 14.3 Å². The van der Waals surface area contributed by atoms with Crippen LogP contribution >= 0.6 is 0 Å². The van der Waals surface area contributed by atoms with Crippen molar-refractivity contribution in [3.63, 3.8) is 0 Å². The molecule has 0 amide bonds. The Hall–Kier alpha value is -1.71. The fraction of sp³-hybridized carbons (Fsp3) is 0.708. The molecule has 4 heteroatoms. The van der Waals surface area contributed by atoms with Crippen LogP contribution in [0.1, 0.15) is 65.2 Å². The third-order valence-electron chi connectivity index (χ3n) is 8.72. The number of ketones is 2. The van der Waals surface area contributed by atoms with Gasteiger partial charge in [0.15, 0.2) is 5.90 Å². The first kappa shape index (κ1) is 19.6. The fourth-order valence-electron chi connectivity index (χ4n) is 7.13. The van der Waals surface area contributed by atoms with E-state index in [1.54, 1.807) is 7.11 Å². The predicted octanol–water partition coefficient (Wildman–Crippen LogP) is 4.89. The highest BCUT2D eigenvalue weighted by Gasteiger charge is 2.59. The van der Waals surface area contributed by atoms with Gasteiger partial charge in [0.2, 0.25) is 0 Å². The van der Waals surface area contributed by atoms with Crippen molar-refractivity contribution >= 4 is 17.5 Å². The Morgan fingerprint density at radius 2 is 2.04 bits per heavy atom. The highest BCUT2D eigenvalue weighted by molar-refractivity contribution is 5.90. The van der Waals surface area contributed by atoms with E-state index in [0.717, 1.165) is 38.5 Å². The summed E-state index contributed by atoms with van der Waals surface area (Å²) in [5.41, 5.74) is 1.30. The summed E-state index contributed by atoms with van der Waals surface area (Å²) in [6, 6.07) is 0. The monoisotopic (exact) mass is 383 g/mol. The summed E-state index contributed by atoms with van der Waals surface area (Å²) >= 11 is 0. The third-order valence-corrected chi connectivity index (χ3v) is 8.72. The lowest BCUT2D eigenvalue weighted by Gasteiger charge is -2.57. The Bertz CT molecular complexity index is 766. The second-order valence-electron chi connectivity index (χ2n) is 9.84. The molecular formula is C24H33NO3. The minimum Gasteiger partial charge on any atom is -0.484 e. The van der Waals surface area contributed by atoms with Gasteiger partial charge in [-0.25, -0.2) is 4.99 Å². The van der Waals surface area contributed by atoms with Crippen LogP contribution in [0, 0.1) is 34.5 Å². The molecule has 4 rings (SSSR count). The van der Waals surface area contributed by atoms with Crippen molar-refractivity contribution in [3.05, 3.63) is 24.4 Å². The van der Waals surface area contributed by atoms with Gasteiger partial charge in [0, 0.05) is 36.8 Å². The SMILES string of the molecule is C=CN=C(CC1CC2(C)C(=CCC3C4CCC(=O)C4(C)CCC32)CC1=O)OC. The summed E-state index contributed by atoms with van der Waals surface area (Å²) in [6.07, 6.45) is 10.8. The quantitative estimate of drug-likeness (QED) is 0.396. The molecule has 0 bridgehead atoms. The number of allylic oxidation sites excluding steroid dienone is 2. The average Bonchev–Trinajstić information content (AvgIpc) is 2.97. The number of rotatable bonds is 3. The predicted molar refractivity (Wildman–Crippen MR) is 110 cm³/mol. The van der Waals surface area contributed by atoms with E-state index in [9.17, 15) is 9.59 Å². The van der Waals surface area contributed by atoms with E-state index in [-0.39, 0.29) is 16.7 Å². The molecule has 4 aliphatic carbocycles. The molecule has 0 radical (unpaired) electrons. The van der Waals surface area contributed by atoms with E-state index < -0.39 is 0 Å². The Kier molecular flexibility index (Phi) is 4.87. The molecule has 0 heterocycles. The zero-order valence-electron chi connectivity index (χ0n) is 17.5. The standard InChI is InChI=1S/C24H33NO3/c1-5-25-22(28-4)12-15-14-24(3)16(13-20(15)26)6-7-17-18-8-9-21(27)23(18,2)11-10-19(17)24/h5-6,15,17-19H,1,7-14H2,2-4H3. The van der Waals surface area contributed by atoms with Gasteiger partial charge in [-0.1, -0.05) is 32.1 Å². The lowest BCUT2D eigenvalue weighted by atomic mass is 9.47. The number of nitrogens with zero attached hydrogens (tertiary/aromatic N) is 1. The summed E-state index contributed by atoms with van der Waals surface area (Å²) in [4.78, 5) is 29.6. The average molecular weight is 384 g/mol. The molecule has 0 saturated heterocycles. The minimum atomic E-state index is -0.105. The maximum Gasteiger partial charge on any atom is 0.188 e. The summed E-state index contributed by atoms with van der Waals surface area (Å²) in [5.74, 6) is 3.02. The molecule has 3 saturated carbocycles. The number of hydrogen-bond acceptors (Lipinski definition) is 4. The molecule has 0 aliphatic heterocycles.